The molecule has 0 aliphatic heterocycles. The van der Waals surface area contributed by atoms with E-state index < -0.39 is 27.3 Å². The maximum atomic E-state index is 12.4. The molecule has 1 aromatic carbocycles. The number of aromatic carboxylic acids is 1. The van der Waals surface area contributed by atoms with Crippen molar-refractivity contribution in [3.63, 3.8) is 0 Å². The molecule has 0 aromatic heterocycles. The average molecular weight is 311 g/mol. The predicted molar refractivity (Wildman–Crippen MR) is 74.6 cm³/mol. The Kier molecular flexibility index (Phi) is 3.41. The lowest BCUT2D eigenvalue weighted by Crippen LogP contribution is -2.38. The molecule has 0 bridgehead atoms. The van der Waals surface area contributed by atoms with Crippen molar-refractivity contribution in [2.75, 3.05) is 0 Å². The maximum absolute atomic E-state index is 12.4. The molecule has 3 rings (SSSR count). The van der Waals surface area contributed by atoms with Crippen molar-refractivity contribution in [2.45, 2.75) is 36.6 Å². The first-order valence-corrected chi connectivity index (χ1v) is 8.45. The van der Waals surface area contributed by atoms with Gasteiger partial charge in [0.2, 0.25) is 10.0 Å². The zero-order valence-electron chi connectivity index (χ0n) is 11.3. The molecule has 3 N–H and O–H groups in total. The van der Waals surface area contributed by atoms with Crippen LogP contribution in [0.2, 0.25) is 0 Å². The molecule has 21 heavy (non-hydrogen) atoms. The van der Waals surface area contributed by atoms with Crippen molar-refractivity contribution in [3.05, 3.63) is 23.8 Å². The summed E-state index contributed by atoms with van der Waals surface area (Å²) in [6.07, 6.45) is 4.17. The highest BCUT2D eigenvalue weighted by atomic mass is 32.2. The van der Waals surface area contributed by atoms with E-state index in [1.54, 1.807) is 0 Å². The molecule has 0 radical (unpaired) electrons. The molecule has 0 spiro atoms. The number of aromatic hydroxyl groups is 1. The Bertz CT molecular complexity index is 665. The molecule has 6 nitrogen and oxygen atoms in total. The highest BCUT2D eigenvalue weighted by molar-refractivity contribution is 7.89. The second-order valence-electron chi connectivity index (χ2n) is 5.81. The third-order valence-corrected chi connectivity index (χ3v) is 5.52. The van der Waals surface area contributed by atoms with Gasteiger partial charge in [-0.2, -0.15) is 0 Å². The van der Waals surface area contributed by atoms with Gasteiger partial charge in [-0.3, -0.25) is 0 Å². The van der Waals surface area contributed by atoms with E-state index >= 15 is 0 Å². The van der Waals surface area contributed by atoms with Crippen LogP contribution < -0.4 is 4.72 Å². The molecule has 0 atom stereocenters. The van der Waals surface area contributed by atoms with Crippen molar-refractivity contribution in [1.29, 1.82) is 0 Å². The van der Waals surface area contributed by atoms with Crippen LogP contribution in [-0.4, -0.2) is 30.6 Å². The van der Waals surface area contributed by atoms with E-state index in [1.807, 2.05) is 0 Å². The molecule has 2 aliphatic rings. The largest absolute Gasteiger partial charge is 0.507 e. The molecular weight excluding hydrogens is 294 g/mol. The Morgan fingerprint density at radius 1 is 1.19 bits per heavy atom. The van der Waals surface area contributed by atoms with Gasteiger partial charge in [-0.1, -0.05) is 0 Å². The second-order valence-corrected chi connectivity index (χ2v) is 7.52. The van der Waals surface area contributed by atoms with Gasteiger partial charge in [-0.05, 0) is 55.7 Å². The molecule has 2 fully saturated rings. The summed E-state index contributed by atoms with van der Waals surface area (Å²) in [5.74, 6) is -0.987. The standard InChI is InChI=1S/C14H17NO5S/c16-12-6-5-10(7-11(12)14(17)18)21(19,20)15-13(8-1-2-8)9-3-4-9/h5-9,13,15-16H,1-4H2,(H,17,18). The van der Waals surface area contributed by atoms with Crippen LogP contribution in [0.3, 0.4) is 0 Å². The molecule has 1 aromatic rings. The van der Waals surface area contributed by atoms with Gasteiger partial charge in [-0.15, -0.1) is 0 Å². The van der Waals surface area contributed by atoms with E-state index in [4.69, 9.17) is 5.11 Å². The Morgan fingerprint density at radius 2 is 1.76 bits per heavy atom. The lowest BCUT2D eigenvalue weighted by molar-refractivity contribution is 0.0693. The van der Waals surface area contributed by atoms with E-state index in [0.717, 1.165) is 37.8 Å². The summed E-state index contributed by atoms with van der Waals surface area (Å²) in [5.41, 5.74) is -0.410. The van der Waals surface area contributed by atoms with Gasteiger partial charge < -0.3 is 10.2 Å². The number of benzene rings is 1. The summed E-state index contributed by atoms with van der Waals surface area (Å²) < 4.78 is 27.5. The van der Waals surface area contributed by atoms with E-state index in [2.05, 4.69) is 4.72 Å². The van der Waals surface area contributed by atoms with Gasteiger partial charge in [0.15, 0.2) is 0 Å². The summed E-state index contributed by atoms with van der Waals surface area (Å²) in [5, 5.41) is 18.4. The van der Waals surface area contributed by atoms with E-state index in [9.17, 15) is 18.3 Å². The minimum Gasteiger partial charge on any atom is -0.507 e. The first-order chi connectivity index (χ1) is 9.88. The summed E-state index contributed by atoms with van der Waals surface area (Å²) in [7, 11) is -3.77. The Balaban J connectivity index is 1.87. The van der Waals surface area contributed by atoms with Crippen LogP contribution in [-0.2, 0) is 10.0 Å². The highest BCUT2D eigenvalue weighted by Gasteiger charge is 2.43. The van der Waals surface area contributed by atoms with Crippen molar-refractivity contribution < 1.29 is 23.4 Å². The first kappa shape index (κ1) is 14.3. The number of carboxylic acid groups (broad SMARTS) is 1. The Hall–Kier alpha value is -1.60. The van der Waals surface area contributed by atoms with Crippen molar-refractivity contribution in [1.82, 2.24) is 4.72 Å². The molecule has 0 amide bonds. The Labute approximate surface area is 122 Å². The van der Waals surface area contributed by atoms with E-state index in [0.29, 0.717) is 11.8 Å². The first-order valence-electron chi connectivity index (χ1n) is 6.97. The normalized spacial score (nSPS) is 18.9. The average Bonchev–Trinajstić information content (AvgIpc) is 3.27. The van der Waals surface area contributed by atoms with Crippen LogP contribution in [0.25, 0.3) is 0 Å². The van der Waals surface area contributed by atoms with Gasteiger partial charge in [0.25, 0.3) is 0 Å². The zero-order valence-corrected chi connectivity index (χ0v) is 12.1. The minimum absolute atomic E-state index is 0.0444. The number of hydrogen-bond acceptors (Lipinski definition) is 4. The van der Waals surface area contributed by atoms with Crippen LogP contribution >= 0.6 is 0 Å². The molecule has 7 heteroatoms. The third kappa shape index (κ3) is 3.03. The fraction of sp³-hybridized carbons (Fsp3) is 0.500. The van der Waals surface area contributed by atoms with E-state index in [1.165, 1.54) is 6.07 Å². The number of carbonyl (C=O) groups is 1. The fourth-order valence-electron chi connectivity index (χ4n) is 2.59. The lowest BCUT2D eigenvalue weighted by atomic mass is 10.1. The maximum Gasteiger partial charge on any atom is 0.339 e. The third-order valence-electron chi connectivity index (χ3n) is 4.06. The van der Waals surface area contributed by atoms with Gasteiger partial charge in [-0.25, -0.2) is 17.9 Å². The van der Waals surface area contributed by atoms with Crippen molar-refractivity contribution in [2.24, 2.45) is 11.8 Å². The number of rotatable bonds is 6. The summed E-state index contributed by atoms with van der Waals surface area (Å²) >= 11 is 0. The topological polar surface area (TPSA) is 104 Å². The number of phenols is 1. The number of sulfonamides is 1. The van der Waals surface area contributed by atoms with Gasteiger partial charge >= 0.3 is 5.97 Å². The number of hydrogen-bond donors (Lipinski definition) is 3. The number of carboxylic acids is 1. The van der Waals surface area contributed by atoms with Crippen molar-refractivity contribution in [3.8, 4) is 5.75 Å². The van der Waals surface area contributed by atoms with Crippen LogP contribution in [0.4, 0.5) is 0 Å². The highest BCUT2D eigenvalue weighted by Crippen LogP contribution is 2.45. The van der Waals surface area contributed by atoms with Gasteiger partial charge in [0, 0.05) is 6.04 Å². The van der Waals surface area contributed by atoms with Crippen molar-refractivity contribution >= 4 is 16.0 Å². The SMILES string of the molecule is O=C(O)c1cc(S(=O)(=O)NC(C2CC2)C2CC2)ccc1O. The molecule has 2 aliphatic carbocycles. The second kappa shape index (κ2) is 4.99. The van der Waals surface area contributed by atoms with Gasteiger partial charge in [0.05, 0.1) is 4.90 Å². The zero-order chi connectivity index (χ0) is 15.2. The minimum atomic E-state index is -3.77. The predicted octanol–water partition coefficient (Wildman–Crippen LogP) is 1.56. The van der Waals surface area contributed by atoms with E-state index in [-0.39, 0.29) is 10.9 Å². The molecule has 0 saturated heterocycles. The molecular formula is C14H17NO5S. The quantitative estimate of drug-likeness (QED) is 0.739. The van der Waals surface area contributed by atoms with Gasteiger partial charge in [0.1, 0.15) is 11.3 Å². The molecule has 0 unspecified atom stereocenters. The molecule has 114 valence electrons. The summed E-state index contributed by atoms with van der Waals surface area (Å²) in [6, 6.07) is 3.27. The van der Waals surface area contributed by atoms with Crippen LogP contribution in [0.1, 0.15) is 36.0 Å². The molecule has 0 heterocycles. The summed E-state index contributed by atoms with van der Waals surface area (Å²) in [6.45, 7) is 0. The monoisotopic (exact) mass is 311 g/mol. The van der Waals surface area contributed by atoms with Crippen LogP contribution in [0.5, 0.6) is 5.75 Å². The summed E-state index contributed by atoms with van der Waals surface area (Å²) in [4.78, 5) is 10.9. The fourth-order valence-corrected chi connectivity index (χ4v) is 3.99. The smallest absolute Gasteiger partial charge is 0.339 e. The molecule has 2 saturated carbocycles. The van der Waals surface area contributed by atoms with Crippen LogP contribution in [0, 0.1) is 11.8 Å². The Morgan fingerprint density at radius 3 is 2.24 bits per heavy atom. The lowest BCUT2D eigenvalue weighted by Gasteiger charge is -2.18. The van der Waals surface area contributed by atoms with Crippen LogP contribution in [0.15, 0.2) is 23.1 Å². The number of nitrogens with one attached hydrogen (secondary N) is 1.